The van der Waals surface area contributed by atoms with Gasteiger partial charge in [-0.15, -0.1) is 0 Å². The van der Waals surface area contributed by atoms with E-state index in [9.17, 15) is 9.18 Å². The molecule has 2 N–H and O–H groups in total. The van der Waals surface area contributed by atoms with Crippen LogP contribution in [-0.4, -0.2) is 12.3 Å². The van der Waals surface area contributed by atoms with Gasteiger partial charge in [-0.25, -0.2) is 4.39 Å². The van der Waals surface area contributed by atoms with E-state index >= 15 is 0 Å². The van der Waals surface area contributed by atoms with Crippen molar-refractivity contribution in [1.29, 1.82) is 0 Å². The monoisotopic (exact) mass is 223 g/mol. The van der Waals surface area contributed by atoms with Crippen LogP contribution in [0, 0.1) is 11.2 Å². The molecule has 0 saturated carbocycles. The molecule has 1 aromatic carbocycles. The number of carbonyl (C=O) groups excluding carboxylic acids is 1. The summed E-state index contributed by atoms with van der Waals surface area (Å²) in [4.78, 5) is 12.3. The molecule has 16 heavy (non-hydrogen) atoms. The van der Waals surface area contributed by atoms with Gasteiger partial charge in [0.25, 0.3) is 0 Å². The number of nitrogens with two attached hydrogens (primary N) is 1. The molecule has 0 heterocycles. The highest BCUT2D eigenvalue weighted by atomic mass is 19.1. The Hall–Kier alpha value is -1.22. The average molecular weight is 223 g/mol. The number of halogens is 1. The van der Waals surface area contributed by atoms with E-state index in [1.807, 2.05) is 13.8 Å². The zero-order chi connectivity index (χ0) is 12.2. The predicted octanol–water partition coefficient (Wildman–Crippen LogP) is 2.77. The van der Waals surface area contributed by atoms with E-state index in [-0.39, 0.29) is 11.6 Å². The smallest absolute Gasteiger partial charge is 0.170 e. The number of Topliss-reactive ketones (excluding diaryl/α,β-unsaturated/α-hetero) is 1. The van der Waals surface area contributed by atoms with Crippen LogP contribution in [0.4, 0.5) is 4.39 Å². The van der Waals surface area contributed by atoms with Crippen molar-refractivity contribution in [3.05, 3.63) is 35.6 Å². The van der Waals surface area contributed by atoms with Crippen LogP contribution in [0.15, 0.2) is 24.3 Å². The summed E-state index contributed by atoms with van der Waals surface area (Å²) < 4.78 is 13.0. The standard InChI is InChI=1S/C13H18FNO/c1-3-13(4-2,9-15)12(16)10-6-5-7-11(14)8-10/h5-8H,3-4,9,15H2,1-2H3. The highest BCUT2D eigenvalue weighted by Gasteiger charge is 2.33. The lowest BCUT2D eigenvalue weighted by atomic mass is 9.76. The lowest BCUT2D eigenvalue weighted by Gasteiger charge is -2.28. The van der Waals surface area contributed by atoms with Crippen molar-refractivity contribution >= 4 is 5.78 Å². The lowest BCUT2D eigenvalue weighted by molar-refractivity contribution is 0.0787. The van der Waals surface area contributed by atoms with E-state index in [4.69, 9.17) is 5.73 Å². The third-order valence-electron chi connectivity index (χ3n) is 3.31. The SMILES string of the molecule is CCC(CC)(CN)C(=O)c1cccc(F)c1. The Bertz CT molecular complexity index is 364. The molecule has 88 valence electrons. The first kappa shape index (κ1) is 12.8. The molecular weight excluding hydrogens is 205 g/mol. The molecule has 0 amide bonds. The number of benzene rings is 1. The first-order valence-corrected chi connectivity index (χ1v) is 5.60. The Kier molecular flexibility index (Phi) is 4.19. The second-order valence-electron chi connectivity index (χ2n) is 4.03. The van der Waals surface area contributed by atoms with Gasteiger partial charge in [-0.05, 0) is 25.0 Å². The number of hydrogen-bond donors (Lipinski definition) is 1. The van der Waals surface area contributed by atoms with Gasteiger partial charge >= 0.3 is 0 Å². The maximum atomic E-state index is 13.0. The molecule has 0 aliphatic rings. The third-order valence-corrected chi connectivity index (χ3v) is 3.31. The summed E-state index contributed by atoms with van der Waals surface area (Å²) >= 11 is 0. The molecule has 0 spiro atoms. The first-order chi connectivity index (χ1) is 7.59. The molecule has 2 nitrogen and oxygen atoms in total. The van der Waals surface area contributed by atoms with Crippen LogP contribution < -0.4 is 5.73 Å². The van der Waals surface area contributed by atoms with Crippen molar-refractivity contribution in [3.63, 3.8) is 0 Å². The van der Waals surface area contributed by atoms with Gasteiger partial charge in [-0.1, -0.05) is 26.0 Å². The summed E-state index contributed by atoms with van der Waals surface area (Å²) in [6.45, 7) is 4.18. The van der Waals surface area contributed by atoms with E-state index in [0.29, 0.717) is 24.9 Å². The third kappa shape index (κ3) is 2.30. The molecule has 0 aliphatic carbocycles. The normalized spacial score (nSPS) is 11.5. The fourth-order valence-corrected chi connectivity index (χ4v) is 1.89. The lowest BCUT2D eigenvalue weighted by Crippen LogP contribution is -2.37. The molecule has 0 aliphatic heterocycles. The highest BCUT2D eigenvalue weighted by molar-refractivity contribution is 6.00. The molecule has 0 radical (unpaired) electrons. The largest absolute Gasteiger partial charge is 0.329 e. The van der Waals surface area contributed by atoms with Crippen LogP contribution in [0.1, 0.15) is 37.0 Å². The maximum absolute atomic E-state index is 13.0. The minimum Gasteiger partial charge on any atom is -0.329 e. The zero-order valence-corrected chi connectivity index (χ0v) is 9.79. The van der Waals surface area contributed by atoms with Gasteiger partial charge in [0.1, 0.15) is 5.82 Å². The predicted molar refractivity (Wildman–Crippen MR) is 62.8 cm³/mol. The first-order valence-electron chi connectivity index (χ1n) is 5.60. The van der Waals surface area contributed by atoms with Gasteiger partial charge in [0.2, 0.25) is 0 Å². The Morgan fingerprint density at radius 2 is 2.00 bits per heavy atom. The second kappa shape index (κ2) is 5.21. The van der Waals surface area contributed by atoms with E-state index in [2.05, 4.69) is 0 Å². The molecule has 0 bridgehead atoms. The average Bonchev–Trinajstić information content (AvgIpc) is 2.32. The summed E-state index contributed by atoms with van der Waals surface area (Å²) in [5.41, 5.74) is 5.55. The van der Waals surface area contributed by atoms with Crippen LogP contribution >= 0.6 is 0 Å². The van der Waals surface area contributed by atoms with Crippen LogP contribution in [0.3, 0.4) is 0 Å². The van der Waals surface area contributed by atoms with E-state index in [1.165, 1.54) is 12.1 Å². The van der Waals surface area contributed by atoms with Crippen LogP contribution in [0.5, 0.6) is 0 Å². The van der Waals surface area contributed by atoms with Crippen molar-refractivity contribution in [2.75, 3.05) is 6.54 Å². The molecule has 0 atom stereocenters. The Morgan fingerprint density at radius 3 is 2.44 bits per heavy atom. The molecule has 1 aromatic rings. The molecule has 0 fully saturated rings. The van der Waals surface area contributed by atoms with E-state index in [1.54, 1.807) is 12.1 Å². The van der Waals surface area contributed by atoms with E-state index in [0.717, 1.165) is 0 Å². The van der Waals surface area contributed by atoms with Gasteiger partial charge < -0.3 is 5.73 Å². The van der Waals surface area contributed by atoms with Crippen LogP contribution in [-0.2, 0) is 0 Å². The highest BCUT2D eigenvalue weighted by Crippen LogP contribution is 2.29. The Balaban J connectivity index is 3.09. The summed E-state index contributed by atoms with van der Waals surface area (Å²) in [7, 11) is 0. The fourth-order valence-electron chi connectivity index (χ4n) is 1.89. The van der Waals surface area contributed by atoms with Gasteiger partial charge in [0.05, 0.1) is 0 Å². The molecular formula is C13H18FNO. The van der Waals surface area contributed by atoms with Crippen LogP contribution in [0.25, 0.3) is 0 Å². The number of rotatable bonds is 5. The molecule has 0 unspecified atom stereocenters. The number of ketones is 1. The van der Waals surface area contributed by atoms with Crippen molar-refractivity contribution in [1.82, 2.24) is 0 Å². The van der Waals surface area contributed by atoms with Gasteiger partial charge in [-0.2, -0.15) is 0 Å². The van der Waals surface area contributed by atoms with Crippen molar-refractivity contribution in [3.8, 4) is 0 Å². The number of carbonyl (C=O) groups is 1. The van der Waals surface area contributed by atoms with Gasteiger partial charge in [0, 0.05) is 17.5 Å². The maximum Gasteiger partial charge on any atom is 0.170 e. The molecule has 3 heteroatoms. The number of hydrogen-bond acceptors (Lipinski definition) is 2. The summed E-state index contributed by atoms with van der Waals surface area (Å²) in [6.07, 6.45) is 1.35. The van der Waals surface area contributed by atoms with Crippen molar-refractivity contribution in [2.45, 2.75) is 26.7 Å². The molecule has 0 aromatic heterocycles. The Morgan fingerprint density at radius 1 is 1.38 bits per heavy atom. The van der Waals surface area contributed by atoms with Gasteiger partial charge in [-0.3, -0.25) is 4.79 Å². The molecule has 0 saturated heterocycles. The van der Waals surface area contributed by atoms with Crippen molar-refractivity contribution in [2.24, 2.45) is 11.1 Å². The Labute approximate surface area is 95.7 Å². The quantitative estimate of drug-likeness (QED) is 0.780. The zero-order valence-electron chi connectivity index (χ0n) is 9.79. The minimum atomic E-state index is -0.548. The summed E-state index contributed by atoms with van der Waals surface area (Å²) in [5.74, 6) is -0.441. The fraction of sp³-hybridized carbons (Fsp3) is 0.462. The summed E-state index contributed by atoms with van der Waals surface area (Å²) in [6, 6.07) is 5.80. The van der Waals surface area contributed by atoms with Crippen molar-refractivity contribution < 1.29 is 9.18 Å². The van der Waals surface area contributed by atoms with E-state index < -0.39 is 5.41 Å². The summed E-state index contributed by atoms with van der Waals surface area (Å²) in [5, 5.41) is 0. The van der Waals surface area contributed by atoms with Gasteiger partial charge in [0.15, 0.2) is 5.78 Å². The molecule has 1 rings (SSSR count). The minimum absolute atomic E-state index is 0.0560. The second-order valence-corrected chi connectivity index (χ2v) is 4.03. The van der Waals surface area contributed by atoms with Crippen LogP contribution in [0.2, 0.25) is 0 Å². The topological polar surface area (TPSA) is 43.1 Å².